The molecule has 6 rings (SSSR count). The van der Waals surface area contributed by atoms with E-state index in [1.807, 2.05) is 5.38 Å². The Labute approximate surface area is 193 Å². The highest BCUT2D eigenvalue weighted by Crippen LogP contribution is 2.40. The fraction of sp³-hybridized carbons (Fsp3) is 0.296. The Balaban J connectivity index is 1.05. The minimum atomic E-state index is 0.547. The summed E-state index contributed by atoms with van der Waals surface area (Å²) in [5.41, 5.74) is 12.3. The molecule has 1 unspecified atom stereocenters. The third kappa shape index (κ3) is 3.71. The van der Waals surface area contributed by atoms with E-state index in [1.165, 1.54) is 38.8 Å². The van der Waals surface area contributed by atoms with Gasteiger partial charge in [0.2, 0.25) is 0 Å². The Morgan fingerprint density at radius 1 is 0.938 bits per heavy atom. The number of nitrogens with two attached hydrogens (primary N) is 1. The van der Waals surface area contributed by atoms with Crippen molar-refractivity contribution in [1.82, 2.24) is 14.8 Å². The van der Waals surface area contributed by atoms with Crippen molar-refractivity contribution in [3.63, 3.8) is 0 Å². The first-order chi connectivity index (χ1) is 15.7. The molecule has 4 aromatic rings. The number of hydrogen-bond donors (Lipinski definition) is 1. The Morgan fingerprint density at radius 2 is 1.72 bits per heavy atom. The summed E-state index contributed by atoms with van der Waals surface area (Å²) in [5, 5.41) is 5.55. The standard InChI is InChI=1S/C27H28N4S/c28-27-29-24(18-32-27)20-9-7-19(8-10-20)11-12-30-13-15-31(16-14-30)25-17-22-5-1-3-21-4-2-6-23(25)26(21)22/h1-10,18,25H,11-17H2,(H2,28,29). The smallest absolute Gasteiger partial charge is 0.180 e. The van der Waals surface area contributed by atoms with Gasteiger partial charge in [0.25, 0.3) is 0 Å². The zero-order valence-corrected chi connectivity index (χ0v) is 19.0. The highest BCUT2D eigenvalue weighted by Gasteiger charge is 2.31. The second-order valence-corrected chi connectivity index (χ2v) is 9.87. The molecule has 162 valence electrons. The molecule has 1 aliphatic heterocycles. The van der Waals surface area contributed by atoms with Crippen LogP contribution in [0.5, 0.6) is 0 Å². The maximum atomic E-state index is 5.77. The van der Waals surface area contributed by atoms with Gasteiger partial charge in [-0.3, -0.25) is 4.90 Å². The monoisotopic (exact) mass is 440 g/mol. The van der Waals surface area contributed by atoms with Gasteiger partial charge in [-0.25, -0.2) is 4.98 Å². The number of aromatic nitrogens is 1. The van der Waals surface area contributed by atoms with Gasteiger partial charge in [0.15, 0.2) is 5.13 Å². The molecule has 0 bridgehead atoms. The molecule has 2 heterocycles. The molecule has 5 heteroatoms. The van der Waals surface area contributed by atoms with E-state index in [1.54, 1.807) is 0 Å². The second-order valence-electron chi connectivity index (χ2n) is 8.98. The highest BCUT2D eigenvalue weighted by atomic mass is 32.1. The number of benzene rings is 3. The lowest BCUT2D eigenvalue weighted by Crippen LogP contribution is -2.48. The van der Waals surface area contributed by atoms with Crippen molar-refractivity contribution in [1.29, 1.82) is 0 Å². The van der Waals surface area contributed by atoms with Gasteiger partial charge in [-0.1, -0.05) is 60.7 Å². The summed E-state index contributed by atoms with van der Waals surface area (Å²) in [4.78, 5) is 9.71. The SMILES string of the molecule is Nc1nc(-c2ccc(CCN3CCN(C4Cc5cccc6cccc4c56)CC3)cc2)cs1. The molecule has 2 aliphatic rings. The molecule has 0 amide bonds. The van der Waals surface area contributed by atoms with Gasteiger partial charge in [-0.15, -0.1) is 11.3 Å². The Bertz CT molecular complexity index is 1230. The van der Waals surface area contributed by atoms with Crippen LogP contribution in [0.2, 0.25) is 0 Å². The number of anilines is 1. The van der Waals surface area contributed by atoms with Gasteiger partial charge in [0, 0.05) is 49.7 Å². The van der Waals surface area contributed by atoms with Crippen LogP contribution >= 0.6 is 11.3 Å². The van der Waals surface area contributed by atoms with Gasteiger partial charge in [0.05, 0.1) is 5.69 Å². The molecule has 1 atom stereocenters. The number of nitrogens with zero attached hydrogens (tertiary/aromatic N) is 3. The Kier molecular flexibility index (Phi) is 5.18. The van der Waals surface area contributed by atoms with E-state index in [4.69, 9.17) is 5.73 Å². The van der Waals surface area contributed by atoms with Crippen molar-refractivity contribution in [3.05, 3.63) is 82.7 Å². The largest absolute Gasteiger partial charge is 0.375 e. The van der Waals surface area contributed by atoms with Gasteiger partial charge in [0.1, 0.15) is 0 Å². The van der Waals surface area contributed by atoms with E-state index in [9.17, 15) is 0 Å². The number of nitrogen functional groups attached to an aromatic ring is 1. The van der Waals surface area contributed by atoms with Crippen LogP contribution < -0.4 is 5.73 Å². The van der Waals surface area contributed by atoms with E-state index in [0.717, 1.165) is 56.8 Å². The lowest BCUT2D eigenvalue weighted by molar-refractivity contribution is 0.0985. The molecule has 3 aromatic carbocycles. The lowest BCUT2D eigenvalue weighted by Gasteiger charge is -2.38. The molecule has 1 saturated heterocycles. The van der Waals surface area contributed by atoms with E-state index < -0.39 is 0 Å². The van der Waals surface area contributed by atoms with Crippen LogP contribution in [-0.4, -0.2) is 47.5 Å². The summed E-state index contributed by atoms with van der Waals surface area (Å²) < 4.78 is 0. The molecule has 4 nitrogen and oxygen atoms in total. The molecule has 0 saturated carbocycles. The van der Waals surface area contributed by atoms with Gasteiger partial charge in [-0.2, -0.15) is 0 Å². The number of thiazole rings is 1. The van der Waals surface area contributed by atoms with Crippen LogP contribution in [0, 0.1) is 0 Å². The normalized spacial score (nSPS) is 19.1. The number of hydrogen-bond acceptors (Lipinski definition) is 5. The quantitative estimate of drug-likeness (QED) is 0.474. The lowest BCUT2D eigenvalue weighted by atomic mass is 10.0. The molecule has 32 heavy (non-hydrogen) atoms. The summed E-state index contributed by atoms with van der Waals surface area (Å²) >= 11 is 1.49. The van der Waals surface area contributed by atoms with Crippen LogP contribution in [0.25, 0.3) is 22.0 Å². The number of rotatable bonds is 5. The van der Waals surface area contributed by atoms with Crippen LogP contribution in [-0.2, 0) is 12.8 Å². The summed E-state index contributed by atoms with van der Waals surface area (Å²) in [6.07, 6.45) is 2.25. The summed E-state index contributed by atoms with van der Waals surface area (Å²) in [5.74, 6) is 0. The Hall–Kier alpha value is -2.73. The highest BCUT2D eigenvalue weighted by molar-refractivity contribution is 7.13. The van der Waals surface area contributed by atoms with E-state index in [2.05, 4.69) is 75.4 Å². The fourth-order valence-corrected chi connectivity index (χ4v) is 5.96. The van der Waals surface area contributed by atoms with Crippen LogP contribution in [0.15, 0.2) is 66.0 Å². The molecular weight excluding hydrogens is 412 g/mol. The van der Waals surface area contributed by atoms with Crippen molar-refractivity contribution < 1.29 is 0 Å². The molecule has 1 aliphatic carbocycles. The molecule has 1 fully saturated rings. The summed E-state index contributed by atoms with van der Waals surface area (Å²) in [7, 11) is 0. The van der Waals surface area contributed by atoms with Crippen LogP contribution in [0.1, 0.15) is 22.7 Å². The molecule has 0 spiro atoms. The van der Waals surface area contributed by atoms with Crippen LogP contribution in [0.3, 0.4) is 0 Å². The Morgan fingerprint density at radius 3 is 2.47 bits per heavy atom. The summed E-state index contributed by atoms with van der Waals surface area (Å²) in [6, 6.07) is 22.9. The van der Waals surface area contributed by atoms with E-state index >= 15 is 0 Å². The average Bonchev–Trinajstić information content (AvgIpc) is 3.44. The van der Waals surface area contributed by atoms with Crippen molar-refractivity contribution >= 4 is 27.2 Å². The van der Waals surface area contributed by atoms with Crippen LogP contribution in [0.4, 0.5) is 5.13 Å². The predicted molar refractivity (Wildman–Crippen MR) is 134 cm³/mol. The first-order valence-electron chi connectivity index (χ1n) is 11.5. The zero-order valence-electron chi connectivity index (χ0n) is 18.2. The second kappa shape index (κ2) is 8.32. The minimum Gasteiger partial charge on any atom is -0.375 e. The van der Waals surface area contributed by atoms with Crippen molar-refractivity contribution in [2.24, 2.45) is 0 Å². The maximum Gasteiger partial charge on any atom is 0.180 e. The van der Waals surface area contributed by atoms with Crippen molar-refractivity contribution in [3.8, 4) is 11.3 Å². The molecule has 2 N–H and O–H groups in total. The number of piperazine rings is 1. The van der Waals surface area contributed by atoms with E-state index in [0.29, 0.717) is 11.2 Å². The zero-order chi connectivity index (χ0) is 21.5. The fourth-order valence-electron chi connectivity index (χ4n) is 5.39. The minimum absolute atomic E-state index is 0.547. The average molecular weight is 441 g/mol. The first-order valence-corrected chi connectivity index (χ1v) is 12.4. The van der Waals surface area contributed by atoms with Crippen molar-refractivity contribution in [2.75, 3.05) is 38.5 Å². The topological polar surface area (TPSA) is 45.4 Å². The third-order valence-electron chi connectivity index (χ3n) is 7.13. The first kappa shape index (κ1) is 19.9. The molecule has 1 aromatic heterocycles. The maximum absolute atomic E-state index is 5.77. The van der Waals surface area contributed by atoms with Gasteiger partial charge < -0.3 is 10.6 Å². The van der Waals surface area contributed by atoms with Gasteiger partial charge >= 0.3 is 0 Å². The third-order valence-corrected chi connectivity index (χ3v) is 7.81. The van der Waals surface area contributed by atoms with E-state index in [-0.39, 0.29) is 0 Å². The summed E-state index contributed by atoms with van der Waals surface area (Å²) in [6.45, 7) is 5.73. The molecule has 0 radical (unpaired) electrons. The van der Waals surface area contributed by atoms with Crippen molar-refractivity contribution in [2.45, 2.75) is 18.9 Å². The predicted octanol–water partition coefficient (Wildman–Crippen LogP) is 5.00. The van der Waals surface area contributed by atoms with Gasteiger partial charge in [-0.05, 0) is 40.3 Å². The molecular formula is C27H28N4S.